The third kappa shape index (κ3) is 4.03. The van der Waals surface area contributed by atoms with Gasteiger partial charge in [0.2, 0.25) is 0 Å². The standard InChI is InChI=1S/C19H24N2O3S/c1-23-15-5-3-14(4-6-15)17-8-7-16(25-17)13-21-18(22)19(24-2)9-11-20-12-10-19/h3-8,20H,9-13H2,1-2H3,(H,21,22). The summed E-state index contributed by atoms with van der Waals surface area (Å²) in [5.41, 5.74) is 0.455. The molecule has 1 aliphatic rings. The quantitative estimate of drug-likeness (QED) is 0.832. The van der Waals surface area contributed by atoms with Crippen LogP contribution in [0, 0.1) is 0 Å². The highest BCUT2D eigenvalue weighted by molar-refractivity contribution is 7.15. The molecule has 2 aromatic rings. The van der Waals surface area contributed by atoms with Gasteiger partial charge < -0.3 is 20.1 Å². The first-order valence-electron chi connectivity index (χ1n) is 8.44. The van der Waals surface area contributed by atoms with E-state index in [1.807, 2.05) is 24.3 Å². The average Bonchev–Trinajstić information content (AvgIpc) is 3.15. The van der Waals surface area contributed by atoms with Crippen molar-refractivity contribution in [3.63, 3.8) is 0 Å². The molecule has 0 aliphatic carbocycles. The first kappa shape index (κ1) is 17.9. The number of hydrogen-bond acceptors (Lipinski definition) is 5. The van der Waals surface area contributed by atoms with Gasteiger partial charge in [0.1, 0.15) is 11.4 Å². The first-order chi connectivity index (χ1) is 12.2. The van der Waals surface area contributed by atoms with Crippen LogP contribution in [0.2, 0.25) is 0 Å². The van der Waals surface area contributed by atoms with Gasteiger partial charge in [0.25, 0.3) is 5.91 Å². The van der Waals surface area contributed by atoms with Crippen LogP contribution in [-0.4, -0.2) is 38.8 Å². The summed E-state index contributed by atoms with van der Waals surface area (Å²) in [4.78, 5) is 14.9. The molecular weight excluding hydrogens is 336 g/mol. The second-order valence-corrected chi connectivity index (χ2v) is 7.29. The maximum atomic E-state index is 12.6. The molecule has 5 nitrogen and oxygen atoms in total. The minimum atomic E-state index is -0.693. The topological polar surface area (TPSA) is 59.6 Å². The van der Waals surface area contributed by atoms with Crippen LogP contribution in [-0.2, 0) is 16.1 Å². The maximum Gasteiger partial charge on any atom is 0.252 e. The molecule has 1 amide bonds. The summed E-state index contributed by atoms with van der Waals surface area (Å²) in [6.07, 6.45) is 1.41. The first-order valence-corrected chi connectivity index (χ1v) is 9.26. The number of methoxy groups -OCH3 is 2. The molecule has 2 N–H and O–H groups in total. The third-order valence-corrected chi connectivity index (χ3v) is 5.81. The van der Waals surface area contributed by atoms with Crippen LogP contribution < -0.4 is 15.4 Å². The molecule has 3 rings (SSSR count). The van der Waals surface area contributed by atoms with Gasteiger partial charge in [0.05, 0.1) is 13.7 Å². The molecular formula is C19H24N2O3S. The number of hydrogen-bond donors (Lipinski definition) is 2. The highest BCUT2D eigenvalue weighted by atomic mass is 32.1. The number of amides is 1. The Kier molecular flexibility index (Phi) is 5.73. The average molecular weight is 360 g/mol. The van der Waals surface area contributed by atoms with E-state index in [2.05, 4.69) is 22.8 Å². The van der Waals surface area contributed by atoms with E-state index in [0.717, 1.165) is 29.3 Å². The number of carbonyl (C=O) groups excluding carboxylic acids is 1. The molecule has 25 heavy (non-hydrogen) atoms. The molecule has 1 aliphatic heterocycles. The van der Waals surface area contributed by atoms with Crippen molar-refractivity contribution >= 4 is 17.2 Å². The highest BCUT2D eigenvalue weighted by Gasteiger charge is 2.39. The van der Waals surface area contributed by atoms with Crippen LogP contribution in [0.5, 0.6) is 5.75 Å². The van der Waals surface area contributed by atoms with Gasteiger partial charge in [-0.2, -0.15) is 0 Å². The van der Waals surface area contributed by atoms with Crippen molar-refractivity contribution in [3.8, 4) is 16.2 Å². The van der Waals surface area contributed by atoms with Gasteiger partial charge in [-0.3, -0.25) is 4.79 Å². The Hall–Kier alpha value is -1.89. The Morgan fingerprint density at radius 2 is 1.88 bits per heavy atom. The molecule has 0 radical (unpaired) electrons. The molecule has 1 aromatic heterocycles. The lowest BCUT2D eigenvalue weighted by molar-refractivity contribution is -0.146. The minimum Gasteiger partial charge on any atom is -0.497 e. The molecule has 0 atom stereocenters. The van der Waals surface area contributed by atoms with Gasteiger partial charge in [-0.1, -0.05) is 0 Å². The van der Waals surface area contributed by atoms with E-state index in [9.17, 15) is 4.79 Å². The van der Waals surface area contributed by atoms with Gasteiger partial charge in [-0.05, 0) is 67.9 Å². The van der Waals surface area contributed by atoms with Crippen molar-refractivity contribution in [2.24, 2.45) is 0 Å². The van der Waals surface area contributed by atoms with E-state index < -0.39 is 5.60 Å². The third-order valence-electron chi connectivity index (χ3n) is 4.68. The lowest BCUT2D eigenvalue weighted by Gasteiger charge is -2.34. The Balaban J connectivity index is 1.62. The van der Waals surface area contributed by atoms with E-state index in [4.69, 9.17) is 9.47 Å². The van der Waals surface area contributed by atoms with Gasteiger partial charge in [0, 0.05) is 16.9 Å². The number of thiophene rings is 1. The molecule has 1 aromatic carbocycles. The SMILES string of the molecule is COc1ccc(-c2ccc(CNC(=O)C3(OC)CCNCC3)s2)cc1. The van der Waals surface area contributed by atoms with Crippen molar-refractivity contribution in [1.82, 2.24) is 10.6 Å². The summed E-state index contributed by atoms with van der Waals surface area (Å²) in [6, 6.07) is 12.1. The predicted octanol–water partition coefficient (Wildman–Crippen LogP) is 2.81. The fourth-order valence-corrected chi connectivity index (χ4v) is 4.02. The van der Waals surface area contributed by atoms with Crippen molar-refractivity contribution in [2.45, 2.75) is 25.0 Å². The summed E-state index contributed by atoms with van der Waals surface area (Å²) >= 11 is 1.69. The van der Waals surface area contributed by atoms with Crippen LogP contribution >= 0.6 is 11.3 Å². The summed E-state index contributed by atoms with van der Waals surface area (Å²) in [7, 11) is 3.29. The van der Waals surface area contributed by atoms with Crippen molar-refractivity contribution in [2.75, 3.05) is 27.3 Å². The monoisotopic (exact) mass is 360 g/mol. The van der Waals surface area contributed by atoms with Gasteiger partial charge >= 0.3 is 0 Å². The van der Waals surface area contributed by atoms with Crippen LogP contribution in [0.1, 0.15) is 17.7 Å². The van der Waals surface area contributed by atoms with Crippen LogP contribution in [0.4, 0.5) is 0 Å². The maximum absolute atomic E-state index is 12.6. The Morgan fingerprint density at radius 1 is 1.16 bits per heavy atom. The molecule has 0 unspecified atom stereocenters. The van der Waals surface area contributed by atoms with Crippen molar-refractivity contribution in [3.05, 3.63) is 41.3 Å². The molecule has 0 bridgehead atoms. The van der Waals surface area contributed by atoms with E-state index >= 15 is 0 Å². The summed E-state index contributed by atoms with van der Waals surface area (Å²) in [6.45, 7) is 2.14. The number of piperidine rings is 1. The van der Waals surface area contributed by atoms with E-state index in [1.165, 1.54) is 4.88 Å². The second-order valence-electron chi connectivity index (χ2n) is 6.13. The number of nitrogens with one attached hydrogen (secondary N) is 2. The van der Waals surface area contributed by atoms with Gasteiger partial charge in [0.15, 0.2) is 0 Å². The Bertz CT molecular complexity index is 706. The molecule has 0 saturated carbocycles. The lowest BCUT2D eigenvalue weighted by Crippen LogP contribution is -2.53. The Labute approximate surface area is 152 Å². The van der Waals surface area contributed by atoms with E-state index in [1.54, 1.807) is 25.6 Å². The molecule has 6 heteroatoms. The lowest BCUT2D eigenvalue weighted by atomic mass is 9.91. The summed E-state index contributed by atoms with van der Waals surface area (Å²) < 4.78 is 10.8. The second kappa shape index (κ2) is 7.99. The van der Waals surface area contributed by atoms with Crippen molar-refractivity contribution < 1.29 is 14.3 Å². The van der Waals surface area contributed by atoms with Crippen LogP contribution in [0.15, 0.2) is 36.4 Å². The summed E-state index contributed by atoms with van der Waals surface area (Å²) in [5, 5.41) is 6.31. The molecule has 1 saturated heterocycles. The summed E-state index contributed by atoms with van der Waals surface area (Å²) in [5.74, 6) is 0.829. The van der Waals surface area contributed by atoms with Crippen LogP contribution in [0.3, 0.4) is 0 Å². The zero-order valence-electron chi connectivity index (χ0n) is 14.6. The molecule has 2 heterocycles. The molecule has 1 fully saturated rings. The van der Waals surface area contributed by atoms with Crippen LogP contribution in [0.25, 0.3) is 10.4 Å². The Morgan fingerprint density at radius 3 is 2.52 bits per heavy atom. The van der Waals surface area contributed by atoms with Gasteiger partial charge in [-0.15, -0.1) is 11.3 Å². The van der Waals surface area contributed by atoms with E-state index in [-0.39, 0.29) is 5.91 Å². The number of ether oxygens (including phenoxy) is 2. The largest absolute Gasteiger partial charge is 0.497 e. The zero-order valence-corrected chi connectivity index (χ0v) is 15.4. The molecule has 0 spiro atoms. The zero-order chi connectivity index (χ0) is 17.7. The smallest absolute Gasteiger partial charge is 0.252 e. The number of benzene rings is 1. The van der Waals surface area contributed by atoms with Crippen molar-refractivity contribution in [1.29, 1.82) is 0 Å². The predicted molar refractivity (Wildman–Crippen MR) is 100.0 cm³/mol. The fraction of sp³-hybridized carbons (Fsp3) is 0.421. The highest BCUT2D eigenvalue weighted by Crippen LogP contribution is 2.30. The molecule has 134 valence electrons. The number of rotatable bonds is 6. The number of carbonyl (C=O) groups is 1. The van der Waals surface area contributed by atoms with E-state index in [0.29, 0.717) is 19.4 Å². The van der Waals surface area contributed by atoms with Gasteiger partial charge in [-0.25, -0.2) is 0 Å². The normalized spacial score (nSPS) is 16.4. The minimum absolute atomic E-state index is 0.0177. The fourth-order valence-electron chi connectivity index (χ4n) is 3.07.